The Morgan fingerprint density at radius 3 is 2.59 bits per heavy atom. The molecule has 4 rings (SSSR count). The molecule has 1 fully saturated rings. The molecule has 2 aromatic rings. The van der Waals surface area contributed by atoms with Gasteiger partial charge >= 0.3 is 0 Å². The van der Waals surface area contributed by atoms with Gasteiger partial charge in [0, 0.05) is 13.1 Å². The first kappa shape index (κ1) is 20.4. The van der Waals surface area contributed by atoms with Gasteiger partial charge < -0.3 is 5.32 Å². The topological polar surface area (TPSA) is 66.5 Å². The summed E-state index contributed by atoms with van der Waals surface area (Å²) in [4.78, 5) is 13.1. The predicted molar refractivity (Wildman–Crippen MR) is 114 cm³/mol. The first-order chi connectivity index (χ1) is 14.0. The van der Waals surface area contributed by atoms with Crippen LogP contribution in [0.3, 0.4) is 0 Å². The fourth-order valence-corrected chi connectivity index (χ4v) is 5.98. The molecule has 2 aliphatic rings. The molecule has 0 saturated carbocycles. The van der Waals surface area contributed by atoms with Gasteiger partial charge in [-0.3, -0.25) is 4.79 Å². The lowest BCUT2D eigenvalue weighted by Gasteiger charge is -2.27. The average molecular weight is 433 g/mol. The lowest BCUT2D eigenvalue weighted by Crippen LogP contribution is -2.36. The van der Waals surface area contributed by atoms with Crippen LogP contribution in [-0.2, 0) is 16.4 Å². The lowest BCUT2D eigenvalue weighted by atomic mass is 9.87. The van der Waals surface area contributed by atoms with Crippen LogP contribution in [0.4, 0.5) is 0 Å². The Morgan fingerprint density at radius 2 is 1.79 bits per heavy atom. The van der Waals surface area contributed by atoms with Crippen molar-refractivity contribution in [3.63, 3.8) is 0 Å². The molecule has 0 bridgehead atoms. The number of hydrogen-bond donors (Lipinski definition) is 1. The van der Waals surface area contributed by atoms with E-state index in [1.54, 1.807) is 0 Å². The zero-order chi connectivity index (χ0) is 20.4. The molecule has 1 amide bonds. The van der Waals surface area contributed by atoms with E-state index in [9.17, 15) is 13.2 Å². The van der Waals surface area contributed by atoms with Gasteiger partial charge in [0.2, 0.25) is 10.0 Å². The van der Waals surface area contributed by atoms with Crippen molar-refractivity contribution in [1.82, 2.24) is 9.62 Å². The largest absolute Gasteiger partial charge is 0.345 e. The van der Waals surface area contributed by atoms with Crippen LogP contribution in [0, 0.1) is 0 Å². The third-order valence-corrected chi connectivity index (χ3v) is 8.03. The second-order valence-corrected chi connectivity index (χ2v) is 10.1. The summed E-state index contributed by atoms with van der Waals surface area (Å²) < 4.78 is 27.5. The first-order valence-corrected chi connectivity index (χ1v) is 12.0. The van der Waals surface area contributed by atoms with E-state index in [1.807, 2.05) is 18.2 Å². The summed E-state index contributed by atoms with van der Waals surface area (Å²) in [5.41, 5.74) is 2.57. The number of rotatable bonds is 4. The van der Waals surface area contributed by atoms with Crippen LogP contribution in [0.5, 0.6) is 0 Å². The number of fused-ring (bicyclic) bond motifs is 1. The van der Waals surface area contributed by atoms with Gasteiger partial charge in [0.05, 0.1) is 21.5 Å². The third kappa shape index (κ3) is 4.20. The second-order valence-electron chi connectivity index (χ2n) is 7.72. The van der Waals surface area contributed by atoms with Crippen LogP contribution in [0.25, 0.3) is 0 Å². The van der Waals surface area contributed by atoms with Gasteiger partial charge in [-0.1, -0.05) is 42.3 Å². The minimum Gasteiger partial charge on any atom is -0.345 e. The molecule has 0 radical (unpaired) electrons. The highest BCUT2D eigenvalue weighted by atomic mass is 35.5. The van der Waals surface area contributed by atoms with E-state index in [0.29, 0.717) is 13.1 Å². The smallest absolute Gasteiger partial charge is 0.253 e. The summed E-state index contributed by atoms with van der Waals surface area (Å²) in [6.45, 7) is 1.04. The molecule has 1 N–H and O–H groups in total. The maximum Gasteiger partial charge on any atom is 0.253 e. The summed E-state index contributed by atoms with van der Waals surface area (Å²) in [6.07, 6.45) is 5.63. The molecule has 5 nitrogen and oxygen atoms in total. The fourth-order valence-electron chi connectivity index (χ4n) is 4.23. The Kier molecular flexibility index (Phi) is 5.95. The van der Waals surface area contributed by atoms with Gasteiger partial charge in [-0.15, -0.1) is 0 Å². The number of nitrogens with zero attached hydrogens (tertiary/aromatic N) is 1. The van der Waals surface area contributed by atoms with Gasteiger partial charge in [-0.2, -0.15) is 4.31 Å². The Bertz CT molecular complexity index is 1020. The summed E-state index contributed by atoms with van der Waals surface area (Å²) >= 11 is 6.28. The van der Waals surface area contributed by atoms with Crippen molar-refractivity contribution >= 4 is 27.5 Å². The zero-order valence-electron chi connectivity index (χ0n) is 16.2. The average Bonchev–Trinajstić information content (AvgIpc) is 2.75. The van der Waals surface area contributed by atoms with Crippen LogP contribution in [0.1, 0.15) is 59.6 Å². The van der Waals surface area contributed by atoms with Crippen molar-refractivity contribution in [3.05, 3.63) is 64.2 Å². The number of benzene rings is 2. The van der Waals surface area contributed by atoms with Crippen LogP contribution in [0.15, 0.2) is 47.4 Å². The van der Waals surface area contributed by atoms with Crippen molar-refractivity contribution in [2.75, 3.05) is 13.1 Å². The number of aryl methyl sites for hydroxylation is 1. The summed E-state index contributed by atoms with van der Waals surface area (Å²) in [7, 11) is -3.62. The van der Waals surface area contributed by atoms with Gasteiger partial charge in [-0.05, 0) is 61.4 Å². The minimum atomic E-state index is -3.62. The van der Waals surface area contributed by atoms with E-state index in [4.69, 9.17) is 11.6 Å². The van der Waals surface area contributed by atoms with Crippen LogP contribution in [0.2, 0.25) is 5.02 Å². The molecule has 1 aliphatic carbocycles. The maximum absolute atomic E-state index is 13.0. The van der Waals surface area contributed by atoms with Gasteiger partial charge in [-0.25, -0.2) is 8.42 Å². The molecule has 7 heteroatoms. The molecule has 1 atom stereocenters. The SMILES string of the molecule is O=C(N[C@H]1CCCc2ccccc21)c1cc(S(=O)(=O)N2CCCCC2)ccc1Cl. The minimum absolute atomic E-state index is 0.0918. The number of amides is 1. The zero-order valence-corrected chi connectivity index (χ0v) is 17.8. The molecule has 0 spiro atoms. The molecule has 154 valence electrons. The molecule has 1 heterocycles. The van der Waals surface area contributed by atoms with Crippen molar-refractivity contribution in [2.45, 2.75) is 49.5 Å². The number of sulfonamides is 1. The number of carbonyl (C=O) groups is 1. The number of carbonyl (C=O) groups excluding carboxylic acids is 1. The Morgan fingerprint density at radius 1 is 1.03 bits per heavy atom. The molecule has 0 unspecified atom stereocenters. The molecule has 1 aliphatic heterocycles. The van der Waals surface area contributed by atoms with Gasteiger partial charge in [0.1, 0.15) is 0 Å². The molecular formula is C22H25ClN2O3S. The second kappa shape index (κ2) is 8.46. The molecule has 29 heavy (non-hydrogen) atoms. The highest BCUT2D eigenvalue weighted by Gasteiger charge is 2.28. The highest BCUT2D eigenvalue weighted by Crippen LogP contribution is 2.31. The van der Waals surface area contributed by atoms with Crippen LogP contribution >= 0.6 is 11.6 Å². The summed E-state index contributed by atoms with van der Waals surface area (Å²) in [5.74, 6) is -0.340. The molecule has 2 aromatic carbocycles. The molecular weight excluding hydrogens is 408 g/mol. The normalized spacial score (nSPS) is 20.1. The Labute approximate surface area is 177 Å². The maximum atomic E-state index is 13.0. The number of nitrogens with one attached hydrogen (secondary N) is 1. The van der Waals surface area contributed by atoms with E-state index in [0.717, 1.165) is 44.1 Å². The summed E-state index contributed by atoms with van der Waals surface area (Å²) in [6, 6.07) is 12.4. The van der Waals surface area contributed by atoms with Gasteiger partial charge in [0.25, 0.3) is 5.91 Å². The quantitative estimate of drug-likeness (QED) is 0.782. The first-order valence-electron chi connectivity index (χ1n) is 10.2. The van der Waals surface area contributed by atoms with E-state index in [2.05, 4.69) is 11.4 Å². The van der Waals surface area contributed by atoms with Crippen molar-refractivity contribution in [2.24, 2.45) is 0 Å². The lowest BCUT2D eigenvalue weighted by molar-refractivity contribution is 0.0932. The third-order valence-electron chi connectivity index (χ3n) is 5.81. The standard InChI is InChI=1S/C22H25ClN2O3S/c23-20-12-11-17(29(27,28)25-13-4-1-5-14-25)15-19(20)22(26)24-21-10-6-8-16-7-2-3-9-18(16)21/h2-3,7,9,11-12,15,21H,1,4-6,8,10,13-14H2,(H,24,26)/t21-/m0/s1. The van der Waals surface area contributed by atoms with E-state index in [1.165, 1.54) is 28.1 Å². The molecule has 0 aromatic heterocycles. The van der Waals surface area contributed by atoms with E-state index < -0.39 is 10.0 Å². The van der Waals surface area contributed by atoms with E-state index >= 15 is 0 Å². The summed E-state index contributed by atoms with van der Waals surface area (Å²) in [5, 5.41) is 3.31. The predicted octanol–water partition coefficient (Wildman–Crippen LogP) is 4.32. The van der Waals surface area contributed by atoms with Crippen molar-refractivity contribution < 1.29 is 13.2 Å². The monoisotopic (exact) mass is 432 g/mol. The fraction of sp³-hybridized carbons (Fsp3) is 0.409. The molecule has 1 saturated heterocycles. The van der Waals surface area contributed by atoms with Crippen LogP contribution in [-0.4, -0.2) is 31.7 Å². The van der Waals surface area contributed by atoms with Crippen LogP contribution < -0.4 is 5.32 Å². The number of piperidine rings is 1. The number of halogens is 1. The highest BCUT2D eigenvalue weighted by molar-refractivity contribution is 7.89. The van der Waals surface area contributed by atoms with E-state index in [-0.39, 0.29) is 27.4 Å². The Hall–Kier alpha value is -1.89. The van der Waals surface area contributed by atoms with Crippen molar-refractivity contribution in [1.29, 1.82) is 0 Å². The number of hydrogen-bond acceptors (Lipinski definition) is 3. The Balaban J connectivity index is 1.59. The van der Waals surface area contributed by atoms with Crippen molar-refractivity contribution in [3.8, 4) is 0 Å². The van der Waals surface area contributed by atoms with Gasteiger partial charge in [0.15, 0.2) is 0 Å².